The van der Waals surface area contributed by atoms with Gasteiger partial charge in [0.05, 0.1) is 0 Å². The third kappa shape index (κ3) is 5.01. The van der Waals surface area contributed by atoms with Crippen LogP contribution in [0.1, 0.15) is 36.6 Å². The molecule has 1 aromatic heterocycles. The number of aromatic nitrogens is 1. The topological polar surface area (TPSA) is 41.2 Å². The van der Waals surface area contributed by atoms with Crippen molar-refractivity contribution in [2.24, 2.45) is 0 Å². The molecule has 0 radical (unpaired) electrons. The highest BCUT2D eigenvalue weighted by molar-refractivity contribution is 5.68. The van der Waals surface area contributed by atoms with Crippen LogP contribution < -0.4 is 17.0 Å². The normalized spacial score (nSPS) is 10.7. The number of pyridine rings is 1. The smallest absolute Gasteiger partial charge is 0.370 e. The van der Waals surface area contributed by atoms with E-state index in [1.54, 1.807) is 10.8 Å². The van der Waals surface area contributed by atoms with Crippen LogP contribution in [0.5, 0.6) is 0 Å². The fourth-order valence-electron chi connectivity index (χ4n) is 2.10. The standard InChI is InChI=1S/C18H19NO2.ClH/c1-14(2)16-9-6-15(7-10-16)8-11-17-5-3-4-12-19(17)13-18(20)21;/h3-12,14H,13H2,1-2H3;1H/b11-8+;. The molecule has 4 heteroatoms. The summed E-state index contributed by atoms with van der Waals surface area (Å²) in [5, 5.41) is 8.91. The number of nitrogens with zero attached hydrogens (tertiary/aromatic N) is 1. The van der Waals surface area contributed by atoms with E-state index in [-0.39, 0.29) is 19.0 Å². The van der Waals surface area contributed by atoms with Crippen LogP contribution >= 0.6 is 0 Å². The molecule has 0 fully saturated rings. The lowest BCUT2D eigenvalue weighted by Gasteiger charge is -2.04. The molecule has 0 saturated carbocycles. The molecule has 3 nitrogen and oxygen atoms in total. The molecule has 2 rings (SSSR count). The fraction of sp³-hybridized carbons (Fsp3) is 0.222. The molecule has 0 unspecified atom stereocenters. The van der Waals surface area contributed by atoms with Gasteiger partial charge in [0.2, 0.25) is 12.2 Å². The van der Waals surface area contributed by atoms with E-state index in [0.717, 1.165) is 11.3 Å². The average molecular weight is 318 g/mol. The molecule has 0 aliphatic rings. The van der Waals surface area contributed by atoms with E-state index in [0.29, 0.717) is 5.92 Å². The van der Waals surface area contributed by atoms with Crippen LogP contribution in [0.2, 0.25) is 0 Å². The second kappa shape index (κ2) is 8.35. The summed E-state index contributed by atoms with van der Waals surface area (Å²) in [6.07, 6.45) is 5.71. The van der Waals surface area contributed by atoms with Gasteiger partial charge in [0.25, 0.3) is 0 Å². The first kappa shape index (κ1) is 17.9. The van der Waals surface area contributed by atoms with Gasteiger partial charge < -0.3 is 17.5 Å². The highest BCUT2D eigenvalue weighted by Gasteiger charge is 2.10. The molecule has 22 heavy (non-hydrogen) atoms. The first-order valence-corrected chi connectivity index (χ1v) is 7.04. The lowest BCUT2D eigenvalue weighted by atomic mass is 10.0. The van der Waals surface area contributed by atoms with Gasteiger partial charge in [-0.1, -0.05) is 38.1 Å². The predicted octanol–water partition coefficient (Wildman–Crippen LogP) is 0.357. The van der Waals surface area contributed by atoms with E-state index in [1.807, 2.05) is 30.4 Å². The lowest BCUT2D eigenvalue weighted by Crippen LogP contribution is -3.00. The van der Waals surface area contributed by atoms with Gasteiger partial charge in [-0.15, -0.1) is 0 Å². The van der Waals surface area contributed by atoms with E-state index in [4.69, 9.17) is 5.11 Å². The Hall–Kier alpha value is -2.13. The van der Waals surface area contributed by atoms with Crippen molar-refractivity contribution in [2.45, 2.75) is 26.3 Å². The molecule has 0 spiro atoms. The Kier molecular flexibility index (Phi) is 6.80. The maximum absolute atomic E-state index is 10.9. The summed E-state index contributed by atoms with van der Waals surface area (Å²) in [6, 6.07) is 14.0. The van der Waals surface area contributed by atoms with Gasteiger partial charge in [0, 0.05) is 18.2 Å². The zero-order valence-corrected chi connectivity index (χ0v) is 13.5. The Balaban J connectivity index is 0.00000242. The van der Waals surface area contributed by atoms with Crippen molar-refractivity contribution >= 4 is 18.1 Å². The van der Waals surface area contributed by atoms with Crippen LogP contribution in [0.3, 0.4) is 0 Å². The van der Waals surface area contributed by atoms with Gasteiger partial charge in [-0.05, 0) is 29.2 Å². The van der Waals surface area contributed by atoms with Crippen LogP contribution in [0.15, 0.2) is 48.7 Å². The number of hydrogen-bond donors (Lipinski definition) is 1. The molecule has 0 aliphatic heterocycles. The van der Waals surface area contributed by atoms with Gasteiger partial charge in [-0.3, -0.25) is 0 Å². The zero-order chi connectivity index (χ0) is 15.2. The highest BCUT2D eigenvalue weighted by Crippen LogP contribution is 2.15. The summed E-state index contributed by atoms with van der Waals surface area (Å²) in [6.45, 7) is 4.31. The first-order valence-electron chi connectivity index (χ1n) is 7.04. The predicted molar refractivity (Wildman–Crippen MR) is 83.7 cm³/mol. The van der Waals surface area contributed by atoms with Crippen molar-refractivity contribution in [3.63, 3.8) is 0 Å². The Labute approximate surface area is 137 Å². The van der Waals surface area contributed by atoms with Crippen molar-refractivity contribution in [3.05, 3.63) is 65.5 Å². The number of hydrogen-bond acceptors (Lipinski definition) is 1. The number of carboxylic acid groups (broad SMARTS) is 1. The summed E-state index contributed by atoms with van der Waals surface area (Å²) in [5.74, 6) is -0.322. The Morgan fingerprint density at radius 3 is 2.41 bits per heavy atom. The minimum atomic E-state index is -0.845. The van der Waals surface area contributed by atoms with Crippen LogP contribution in [-0.4, -0.2) is 11.1 Å². The molecule has 0 atom stereocenters. The number of aliphatic carboxylic acids is 1. The third-order valence-electron chi connectivity index (χ3n) is 3.33. The molecule has 1 N–H and O–H groups in total. The second-order valence-corrected chi connectivity index (χ2v) is 5.30. The van der Waals surface area contributed by atoms with Crippen molar-refractivity contribution < 1.29 is 26.9 Å². The molecule has 2 aromatic rings. The van der Waals surface area contributed by atoms with Gasteiger partial charge in [0.15, 0.2) is 6.20 Å². The molecule has 1 aromatic carbocycles. The average Bonchev–Trinajstić information content (AvgIpc) is 2.46. The summed E-state index contributed by atoms with van der Waals surface area (Å²) in [4.78, 5) is 10.9. The summed E-state index contributed by atoms with van der Waals surface area (Å²) in [5.41, 5.74) is 3.28. The van der Waals surface area contributed by atoms with E-state index in [1.165, 1.54) is 5.56 Å². The van der Waals surface area contributed by atoms with Gasteiger partial charge >= 0.3 is 5.97 Å². The van der Waals surface area contributed by atoms with Crippen LogP contribution in [-0.2, 0) is 11.3 Å². The minimum Gasteiger partial charge on any atom is -1.00 e. The van der Waals surface area contributed by atoms with Crippen molar-refractivity contribution in [1.82, 2.24) is 0 Å². The van der Waals surface area contributed by atoms with Gasteiger partial charge in [0.1, 0.15) is 0 Å². The number of halogens is 1. The minimum absolute atomic E-state index is 0. The zero-order valence-electron chi connectivity index (χ0n) is 12.7. The second-order valence-electron chi connectivity index (χ2n) is 5.30. The molecule has 116 valence electrons. The number of benzene rings is 1. The fourth-order valence-corrected chi connectivity index (χ4v) is 2.10. The van der Waals surface area contributed by atoms with Crippen LogP contribution in [0.25, 0.3) is 12.2 Å². The molecule has 1 heterocycles. The molecule has 0 aliphatic carbocycles. The maximum atomic E-state index is 10.9. The van der Waals surface area contributed by atoms with E-state index in [2.05, 4.69) is 38.1 Å². The van der Waals surface area contributed by atoms with Crippen molar-refractivity contribution in [3.8, 4) is 0 Å². The Morgan fingerprint density at radius 2 is 1.82 bits per heavy atom. The van der Waals surface area contributed by atoms with E-state index >= 15 is 0 Å². The first-order chi connectivity index (χ1) is 10.1. The number of carboxylic acids is 1. The van der Waals surface area contributed by atoms with Gasteiger partial charge in [-0.25, -0.2) is 4.79 Å². The molecule has 0 amide bonds. The van der Waals surface area contributed by atoms with Crippen molar-refractivity contribution in [2.75, 3.05) is 0 Å². The molecule has 0 bridgehead atoms. The van der Waals surface area contributed by atoms with Gasteiger partial charge in [-0.2, -0.15) is 4.57 Å². The van der Waals surface area contributed by atoms with E-state index in [9.17, 15) is 4.79 Å². The summed E-state index contributed by atoms with van der Waals surface area (Å²) in [7, 11) is 0. The summed E-state index contributed by atoms with van der Waals surface area (Å²) >= 11 is 0. The quantitative estimate of drug-likeness (QED) is 0.809. The Bertz CT molecular complexity index is 648. The maximum Gasteiger partial charge on any atom is 0.370 e. The third-order valence-corrected chi connectivity index (χ3v) is 3.33. The molecular formula is C18H20ClNO2. The van der Waals surface area contributed by atoms with Crippen molar-refractivity contribution in [1.29, 1.82) is 0 Å². The van der Waals surface area contributed by atoms with Crippen LogP contribution in [0.4, 0.5) is 0 Å². The van der Waals surface area contributed by atoms with Crippen LogP contribution in [0, 0.1) is 0 Å². The number of rotatable bonds is 5. The summed E-state index contributed by atoms with van der Waals surface area (Å²) < 4.78 is 1.71. The largest absolute Gasteiger partial charge is 1.00 e. The lowest BCUT2D eigenvalue weighted by molar-refractivity contribution is -0.687. The highest BCUT2D eigenvalue weighted by atomic mass is 35.5. The number of carbonyl (C=O) groups is 1. The monoisotopic (exact) mass is 317 g/mol. The molecular weight excluding hydrogens is 298 g/mol. The molecule has 0 saturated heterocycles. The van der Waals surface area contributed by atoms with E-state index < -0.39 is 5.97 Å². The Morgan fingerprint density at radius 1 is 1.14 bits per heavy atom. The SMILES string of the molecule is CC(C)c1ccc(/C=C/c2cccc[n+]2CC(=O)O)cc1.[Cl-].